The molecule has 6 nitrogen and oxygen atoms in total. The van der Waals surface area contributed by atoms with Gasteiger partial charge in [0, 0.05) is 0 Å². The highest BCUT2D eigenvalue weighted by Gasteiger charge is 2.28. The Hall–Kier alpha value is -1.11. The van der Waals surface area contributed by atoms with Crippen LogP contribution in [-0.4, -0.2) is 42.4 Å². The van der Waals surface area contributed by atoms with Gasteiger partial charge in [-0.1, -0.05) is 20.3 Å². The van der Waals surface area contributed by atoms with Gasteiger partial charge in [-0.15, -0.1) is 0 Å². The molecule has 0 aromatic heterocycles. The first-order valence-corrected chi connectivity index (χ1v) is 7.57. The number of hydrogen-bond acceptors (Lipinski definition) is 4. The van der Waals surface area contributed by atoms with Gasteiger partial charge in [-0.05, 0) is 19.8 Å². The summed E-state index contributed by atoms with van der Waals surface area (Å²) in [5.74, 6) is -2.85. The minimum Gasteiger partial charge on any atom is -0.480 e. The Bertz CT molecular complexity index is 402. The van der Waals surface area contributed by atoms with Crippen LogP contribution in [0.4, 0.5) is 0 Å². The topological polar surface area (TPSA) is 101 Å². The number of carboxylic acid groups (broad SMARTS) is 1. The molecule has 0 saturated heterocycles. The van der Waals surface area contributed by atoms with Crippen molar-refractivity contribution in [2.45, 2.75) is 45.4 Å². The quantitative estimate of drug-likeness (QED) is 0.703. The lowest BCUT2D eigenvalue weighted by Crippen LogP contribution is -2.47. The number of rotatable bonds is 7. The molecule has 0 rings (SSSR count). The van der Waals surface area contributed by atoms with Gasteiger partial charge < -0.3 is 10.4 Å². The van der Waals surface area contributed by atoms with Gasteiger partial charge in [0.25, 0.3) is 0 Å². The first-order valence-electron chi connectivity index (χ1n) is 5.85. The van der Waals surface area contributed by atoms with Crippen LogP contribution in [0.2, 0.25) is 0 Å². The highest BCUT2D eigenvalue weighted by Crippen LogP contribution is 2.08. The number of hydrogen-bond donors (Lipinski definition) is 2. The molecule has 0 aromatic rings. The zero-order valence-corrected chi connectivity index (χ0v) is 12.0. The zero-order chi connectivity index (χ0) is 14.5. The number of carbonyl (C=O) groups is 2. The van der Waals surface area contributed by atoms with Gasteiger partial charge in [0.2, 0.25) is 5.91 Å². The van der Waals surface area contributed by atoms with Crippen LogP contribution in [-0.2, 0) is 19.4 Å². The Morgan fingerprint density at radius 3 is 2.06 bits per heavy atom. The maximum atomic E-state index is 11.5. The van der Waals surface area contributed by atoms with E-state index in [2.05, 4.69) is 5.32 Å². The van der Waals surface area contributed by atoms with Crippen molar-refractivity contribution >= 4 is 21.7 Å². The number of carboxylic acids is 1. The van der Waals surface area contributed by atoms with Gasteiger partial charge in [-0.3, -0.25) is 4.79 Å². The molecule has 106 valence electrons. The maximum absolute atomic E-state index is 11.5. The first kappa shape index (κ1) is 16.9. The van der Waals surface area contributed by atoms with E-state index < -0.39 is 38.8 Å². The van der Waals surface area contributed by atoms with E-state index >= 15 is 0 Å². The molecule has 2 N–H and O–H groups in total. The van der Waals surface area contributed by atoms with Crippen molar-refractivity contribution in [1.29, 1.82) is 0 Å². The summed E-state index contributed by atoms with van der Waals surface area (Å²) in [5.41, 5.74) is 0. The lowest BCUT2D eigenvalue weighted by Gasteiger charge is -2.20. The maximum Gasteiger partial charge on any atom is 0.326 e. The van der Waals surface area contributed by atoms with Crippen LogP contribution < -0.4 is 5.32 Å². The van der Waals surface area contributed by atoms with Gasteiger partial charge >= 0.3 is 5.97 Å². The molecule has 0 aliphatic rings. The van der Waals surface area contributed by atoms with Crippen molar-refractivity contribution in [2.24, 2.45) is 5.92 Å². The smallest absolute Gasteiger partial charge is 0.326 e. The Kier molecular flexibility index (Phi) is 6.31. The average molecular weight is 279 g/mol. The molecule has 0 radical (unpaired) electrons. The molecule has 7 heteroatoms. The fraction of sp³-hybridized carbons (Fsp3) is 0.818. The average Bonchev–Trinajstić information content (AvgIpc) is 2.23. The molecule has 0 spiro atoms. The van der Waals surface area contributed by atoms with E-state index in [0.29, 0.717) is 6.42 Å². The predicted octanol–water partition coefficient (Wildman–Crippen LogP) is 0.425. The summed E-state index contributed by atoms with van der Waals surface area (Å²) in [4.78, 5) is 22.5. The highest BCUT2D eigenvalue weighted by molar-refractivity contribution is 7.92. The largest absolute Gasteiger partial charge is 0.480 e. The molecule has 2 unspecified atom stereocenters. The fourth-order valence-electron chi connectivity index (χ4n) is 1.25. The molecule has 0 aliphatic heterocycles. The van der Waals surface area contributed by atoms with E-state index in [0.717, 1.165) is 0 Å². The van der Waals surface area contributed by atoms with Crippen LogP contribution in [0.1, 0.15) is 34.1 Å². The molecule has 0 saturated carbocycles. The summed E-state index contributed by atoms with van der Waals surface area (Å²) in [6.07, 6.45) is 0.578. The third-order valence-corrected chi connectivity index (χ3v) is 4.95. The molecular weight excluding hydrogens is 258 g/mol. The summed E-state index contributed by atoms with van der Waals surface area (Å²) in [7, 11) is -3.51. The minimum atomic E-state index is -3.51. The summed E-state index contributed by atoms with van der Waals surface area (Å²) in [6.45, 7) is 6.45. The summed E-state index contributed by atoms with van der Waals surface area (Å²) in [6, 6.07) is -1.05. The van der Waals surface area contributed by atoms with E-state index in [-0.39, 0.29) is 5.92 Å². The molecule has 0 heterocycles. The third-order valence-electron chi connectivity index (χ3n) is 2.85. The summed E-state index contributed by atoms with van der Waals surface area (Å²) in [5, 5.41) is 10.6. The summed E-state index contributed by atoms with van der Waals surface area (Å²) >= 11 is 0. The van der Waals surface area contributed by atoms with Crippen molar-refractivity contribution in [1.82, 2.24) is 5.32 Å². The van der Waals surface area contributed by atoms with Crippen molar-refractivity contribution in [3.05, 3.63) is 0 Å². The monoisotopic (exact) mass is 279 g/mol. The predicted molar refractivity (Wildman–Crippen MR) is 67.9 cm³/mol. The van der Waals surface area contributed by atoms with E-state index in [1.165, 1.54) is 13.8 Å². The molecule has 0 aliphatic carbocycles. The van der Waals surface area contributed by atoms with E-state index in [9.17, 15) is 18.0 Å². The van der Waals surface area contributed by atoms with Gasteiger partial charge in [0.15, 0.2) is 9.84 Å². The molecule has 0 bridgehead atoms. The Labute approximate surface area is 108 Å². The van der Waals surface area contributed by atoms with Gasteiger partial charge in [-0.2, -0.15) is 0 Å². The minimum absolute atomic E-state index is 0.256. The molecule has 0 fully saturated rings. The van der Waals surface area contributed by atoms with Crippen LogP contribution in [0.5, 0.6) is 0 Å². The second-order valence-electron chi connectivity index (χ2n) is 4.62. The van der Waals surface area contributed by atoms with E-state index in [4.69, 9.17) is 5.11 Å². The number of amides is 1. The molecule has 18 heavy (non-hydrogen) atoms. The summed E-state index contributed by atoms with van der Waals surface area (Å²) < 4.78 is 23.0. The second-order valence-corrected chi connectivity index (χ2v) is 7.18. The van der Waals surface area contributed by atoms with Crippen molar-refractivity contribution in [2.75, 3.05) is 5.75 Å². The lowest BCUT2D eigenvalue weighted by molar-refractivity contribution is -0.143. The molecule has 2 atom stereocenters. The van der Waals surface area contributed by atoms with Gasteiger partial charge in [0.1, 0.15) is 11.8 Å². The van der Waals surface area contributed by atoms with Crippen molar-refractivity contribution < 1.29 is 23.1 Å². The molecule has 1 amide bonds. The Morgan fingerprint density at radius 2 is 1.72 bits per heavy atom. The molecule has 0 aromatic carbocycles. The lowest BCUT2D eigenvalue weighted by atomic mass is 9.99. The first-order chi connectivity index (χ1) is 8.11. The SMILES string of the molecule is CCC(C)C(NC(=O)CS(=O)(=O)C(C)C)C(=O)O. The number of nitrogens with one attached hydrogen (secondary N) is 1. The standard InChI is InChI=1S/C11H21NO5S/c1-5-8(4)10(11(14)15)12-9(13)6-18(16,17)7(2)3/h7-8,10H,5-6H2,1-4H3,(H,12,13)(H,14,15). The van der Waals surface area contributed by atoms with Crippen LogP contribution >= 0.6 is 0 Å². The fourth-order valence-corrected chi connectivity index (χ4v) is 2.03. The van der Waals surface area contributed by atoms with Crippen molar-refractivity contribution in [3.8, 4) is 0 Å². The van der Waals surface area contributed by atoms with Crippen LogP contribution in [0.3, 0.4) is 0 Å². The van der Waals surface area contributed by atoms with E-state index in [1.54, 1.807) is 13.8 Å². The van der Waals surface area contributed by atoms with Crippen LogP contribution in [0.15, 0.2) is 0 Å². The highest BCUT2D eigenvalue weighted by atomic mass is 32.2. The van der Waals surface area contributed by atoms with Gasteiger partial charge in [-0.25, -0.2) is 13.2 Å². The van der Waals surface area contributed by atoms with E-state index in [1.807, 2.05) is 0 Å². The normalized spacial score (nSPS) is 15.2. The number of carbonyl (C=O) groups excluding carboxylic acids is 1. The number of sulfone groups is 1. The Balaban J connectivity index is 4.69. The van der Waals surface area contributed by atoms with Crippen LogP contribution in [0, 0.1) is 5.92 Å². The van der Waals surface area contributed by atoms with Crippen LogP contribution in [0.25, 0.3) is 0 Å². The number of aliphatic carboxylic acids is 1. The van der Waals surface area contributed by atoms with Crippen molar-refractivity contribution in [3.63, 3.8) is 0 Å². The third kappa shape index (κ3) is 5.03. The zero-order valence-electron chi connectivity index (χ0n) is 11.1. The van der Waals surface area contributed by atoms with Gasteiger partial charge in [0.05, 0.1) is 5.25 Å². The molecular formula is C11H21NO5S. The second kappa shape index (κ2) is 6.72. The Morgan fingerprint density at radius 1 is 1.22 bits per heavy atom.